The smallest absolute Gasteiger partial charge is 0.270 e. The number of rotatable bonds is 6. The Bertz CT molecular complexity index is 424. The maximum Gasteiger partial charge on any atom is 0.270 e. The summed E-state index contributed by atoms with van der Waals surface area (Å²) in [5, 5.41) is 20.0. The lowest BCUT2D eigenvalue weighted by Gasteiger charge is -2.25. The molecular formula is C12H17ClN2O3. The zero-order valence-corrected chi connectivity index (χ0v) is 11.2. The van der Waals surface area contributed by atoms with Gasteiger partial charge in [0, 0.05) is 31.3 Å². The van der Waals surface area contributed by atoms with Gasteiger partial charge in [0.2, 0.25) is 0 Å². The standard InChI is InChI=1S/C12H17ClN2O3/c1-9(2)14(5-6-16)8-10-3-4-11(15(17)18)7-12(10)13/h3-4,7,9,16H,5-6,8H2,1-2H3. The Morgan fingerprint density at radius 2 is 2.17 bits per heavy atom. The van der Waals surface area contributed by atoms with Crippen molar-refractivity contribution in [3.63, 3.8) is 0 Å². The molecule has 0 bridgehead atoms. The summed E-state index contributed by atoms with van der Waals surface area (Å²) >= 11 is 6.03. The van der Waals surface area contributed by atoms with Gasteiger partial charge in [0.15, 0.2) is 0 Å². The van der Waals surface area contributed by atoms with Crippen LogP contribution in [0.25, 0.3) is 0 Å². The van der Waals surface area contributed by atoms with Crippen LogP contribution in [0.4, 0.5) is 5.69 Å². The number of halogens is 1. The summed E-state index contributed by atoms with van der Waals surface area (Å²) in [6, 6.07) is 4.73. The van der Waals surface area contributed by atoms with E-state index in [0.717, 1.165) is 5.56 Å². The second-order valence-electron chi connectivity index (χ2n) is 4.32. The molecule has 0 unspecified atom stereocenters. The van der Waals surface area contributed by atoms with Crippen molar-refractivity contribution in [2.45, 2.75) is 26.4 Å². The summed E-state index contributed by atoms with van der Waals surface area (Å²) in [7, 11) is 0. The normalized spacial score (nSPS) is 11.2. The van der Waals surface area contributed by atoms with Gasteiger partial charge in [-0.3, -0.25) is 15.0 Å². The van der Waals surface area contributed by atoms with Gasteiger partial charge in [0.1, 0.15) is 0 Å². The topological polar surface area (TPSA) is 66.6 Å². The van der Waals surface area contributed by atoms with Gasteiger partial charge in [-0.05, 0) is 25.5 Å². The highest BCUT2D eigenvalue weighted by Gasteiger charge is 2.14. The Morgan fingerprint density at radius 1 is 1.50 bits per heavy atom. The van der Waals surface area contributed by atoms with Crippen molar-refractivity contribution in [2.24, 2.45) is 0 Å². The van der Waals surface area contributed by atoms with Gasteiger partial charge in [-0.2, -0.15) is 0 Å². The van der Waals surface area contributed by atoms with E-state index in [2.05, 4.69) is 0 Å². The fourth-order valence-electron chi connectivity index (χ4n) is 1.65. The molecular weight excluding hydrogens is 256 g/mol. The van der Waals surface area contributed by atoms with Crippen LogP contribution in [-0.4, -0.2) is 34.1 Å². The molecule has 0 spiro atoms. The van der Waals surface area contributed by atoms with Crippen LogP contribution < -0.4 is 0 Å². The minimum absolute atomic E-state index is 0.0120. The Hall–Kier alpha value is -1.17. The van der Waals surface area contributed by atoms with E-state index in [4.69, 9.17) is 16.7 Å². The average Bonchev–Trinajstić information content (AvgIpc) is 2.30. The van der Waals surface area contributed by atoms with Gasteiger partial charge in [-0.15, -0.1) is 0 Å². The molecule has 0 aliphatic carbocycles. The molecule has 1 aromatic rings. The molecule has 0 fully saturated rings. The highest BCUT2D eigenvalue weighted by atomic mass is 35.5. The third kappa shape index (κ3) is 3.94. The number of nitro groups is 1. The molecule has 0 radical (unpaired) electrons. The minimum Gasteiger partial charge on any atom is -0.395 e. The van der Waals surface area contributed by atoms with Crippen molar-refractivity contribution < 1.29 is 10.0 Å². The Morgan fingerprint density at radius 3 is 2.61 bits per heavy atom. The Labute approximate surface area is 111 Å². The van der Waals surface area contributed by atoms with Gasteiger partial charge >= 0.3 is 0 Å². The molecule has 0 aliphatic heterocycles. The maximum atomic E-state index is 10.6. The summed E-state index contributed by atoms with van der Waals surface area (Å²) in [6.07, 6.45) is 0. The monoisotopic (exact) mass is 272 g/mol. The summed E-state index contributed by atoms with van der Waals surface area (Å²) in [6.45, 7) is 5.23. The zero-order chi connectivity index (χ0) is 13.7. The summed E-state index contributed by atoms with van der Waals surface area (Å²) < 4.78 is 0. The van der Waals surface area contributed by atoms with Crippen LogP contribution in [0.3, 0.4) is 0 Å². The number of non-ortho nitro benzene ring substituents is 1. The molecule has 18 heavy (non-hydrogen) atoms. The first kappa shape index (κ1) is 14.9. The Kier molecular flexibility index (Phi) is 5.53. The van der Waals surface area contributed by atoms with Gasteiger partial charge in [0.05, 0.1) is 16.6 Å². The van der Waals surface area contributed by atoms with Crippen LogP contribution in [-0.2, 0) is 6.54 Å². The fourth-order valence-corrected chi connectivity index (χ4v) is 1.88. The molecule has 0 amide bonds. The first-order valence-corrected chi connectivity index (χ1v) is 6.11. The quantitative estimate of drug-likeness (QED) is 0.638. The molecule has 0 saturated heterocycles. The lowest BCUT2D eigenvalue weighted by molar-refractivity contribution is -0.384. The SMILES string of the molecule is CC(C)N(CCO)Cc1ccc([N+](=O)[O-])cc1Cl. The first-order chi connectivity index (χ1) is 8.45. The molecule has 5 nitrogen and oxygen atoms in total. The predicted octanol–water partition coefficient (Wildman–Crippen LogP) is 2.45. The van der Waals surface area contributed by atoms with Crippen LogP contribution in [0.5, 0.6) is 0 Å². The molecule has 0 aliphatic rings. The lowest BCUT2D eigenvalue weighted by Crippen LogP contribution is -2.32. The van der Waals surface area contributed by atoms with Crippen molar-refractivity contribution in [3.8, 4) is 0 Å². The van der Waals surface area contributed by atoms with E-state index in [1.165, 1.54) is 12.1 Å². The fraction of sp³-hybridized carbons (Fsp3) is 0.500. The van der Waals surface area contributed by atoms with E-state index in [1.807, 2.05) is 18.7 Å². The van der Waals surface area contributed by atoms with Crippen LogP contribution in [0, 0.1) is 10.1 Å². The highest BCUT2D eigenvalue weighted by Crippen LogP contribution is 2.24. The zero-order valence-electron chi connectivity index (χ0n) is 10.5. The van der Waals surface area contributed by atoms with Crippen molar-refractivity contribution in [3.05, 3.63) is 38.9 Å². The van der Waals surface area contributed by atoms with E-state index < -0.39 is 4.92 Å². The van der Waals surface area contributed by atoms with E-state index in [9.17, 15) is 10.1 Å². The van der Waals surface area contributed by atoms with E-state index >= 15 is 0 Å². The first-order valence-electron chi connectivity index (χ1n) is 5.73. The number of nitro benzene ring substituents is 1. The van der Waals surface area contributed by atoms with Crippen LogP contribution in [0.15, 0.2) is 18.2 Å². The third-order valence-corrected chi connectivity index (χ3v) is 3.09. The molecule has 0 saturated carbocycles. The summed E-state index contributed by atoms with van der Waals surface area (Å²) in [4.78, 5) is 12.2. The molecule has 1 aromatic carbocycles. The van der Waals surface area contributed by atoms with Gasteiger partial charge in [-0.25, -0.2) is 0 Å². The number of benzene rings is 1. The third-order valence-electron chi connectivity index (χ3n) is 2.74. The molecule has 1 rings (SSSR count). The van der Waals surface area contributed by atoms with Crippen molar-refractivity contribution in [2.75, 3.05) is 13.2 Å². The van der Waals surface area contributed by atoms with Gasteiger partial charge < -0.3 is 5.11 Å². The maximum absolute atomic E-state index is 10.6. The van der Waals surface area contributed by atoms with E-state index in [-0.39, 0.29) is 18.3 Å². The minimum atomic E-state index is -0.469. The molecule has 0 atom stereocenters. The molecule has 0 heterocycles. The lowest BCUT2D eigenvalue weighted by atomic mass is 10.1. The van der Waals surface area contributed by atoms with Crippen LogP contribution >= 0.6 is 11.6 Å². The average molecular weight is 273 g/mol. The van der Waals surface area contributed by atoms with Crippen LogP contribution in [0.2, 0.25) is 5.02 Å². The van der Waals surface area contributed by atoms with E-state index in [0.29, 0.717) is 18.1 Å². The number of hydrogen-bond acceptors (Lipinski definition) is 4. The molecule has 1 N–H and O–H groups in total. The summed E-state index contributed by atoms with van der Waals surface area (Å²) in [5.74, 6) is 0. The van der Waals surface area contributed by atoms with Gasteiger partial charge in [0.25, 0.3) is 5.69 Å². The number of aliphatic hydroxyl groups is 1. The molecule has 100 valence electrons. The van der Waals surface area contributed by atoms with Crippen molar-refractivity contribution >= 4 is 17.3 Å². The highest BCUT2D eigenvalue weighted by molar-refractivity contribution is 6.31. The van der Waals surface area contributed by atoms with Crippen LogP contribution in [0.1, 0.15) is 19.4 Å². The summed E-state index contributed by atoms with van der Waals surface area (Å²) in [5.41, 5.74) is 0.812. The largest absolute Gasteiger partial charge is 0.395 e. The molecule has 0 aromatic heterocycles. The molecule has 6 heteroatoms. The van der Waals surface area contributed by atoms with Gasteiger partial charge in [-0.1, -0.05) is 11.6 Å². The number of nitrogens with zero attached hydrogens (tertiary/aromatic N) is 2. The Balaban J connectivity index is 2.86. The second-order valence-corrected chi connectivity index (χ2v) is 4.73. The number of aliphatic hydroxyl groups excluding tert-OH is 1. The van der Waals surface area contributed by atoms with Crippen molar-refractivity contribution in [1.82, 2.24) is 4.90 Å². The van der Waals surface area contributed by atoms with Crippen molar-refractivity contribution in [1.29, 1.82) is 0 Å². The predicted molar refractivity (Wildman–Crippen MR) is 70.7 cm³/mol. The van der Waals surface area contributed by atoms with E-state index in [1.54, 1.807) is 6.07 Å². The number of hydrogen-bond donors (Lipinski definition) is 1. The second kappa shape index (κ2) is 6.68.